The van der Waals surface area contributed by atoms with Crippen molar-refractivity contribution in [3.8, 4) is 0 Å². The maximum atomic E-state index is 5.77. The lowest BCUT2D eigenvalue weighted by Crippen LogP contribution is -2.43. The van der Waals surface area contributed by atoms with Crippen LogP contribution in [0.3, 0.4) is 0 Å². The highest BCUT2D eigenvalue weighted by Gasteiger charge is 2.16. The first kappa shape index (κ1) is 12.0. The van der Waals surface area contributed by atoms with E-state index in [4.69, 9.17) is 5.73 Å². The number of hydrogen-bond acceptors (Lipinski definition) is 2. The molecule has 0 aliphatic heterocycles. The van der Waals surface area contributed by atoms with Gasteiger partial charge in [-0.1, -0.05) is 39.0 Å². The molecule has 0 aromatic rings. The van der Waals surface area contributed by atoms with Gasteiger partial charge in [0.05, 0.1) is 0 Å². The third-order valence-electron chi connectivity index (χ3n) is 3.27. The van der Waals surface area contributed by atoms with Gasteiger partial charge in [0.15, 0.2) is 0 Å². The van der Waals surface area contributed by atoms with E-state index in [1.165, 1.54) is 51.4 Å². The topological polar surface area (TPSA) is 38.0 Å². The number of nitrogens with one attached hydrogen (secondary N) is 1. The van der Waals surface area contributed by atoms with E-state index in [2.05, 4.69) is 12.2 Å². The van der Waals surface area contributed by atoms with Crippen molar-refractivity contribution in [1.82, 2.24) is 5.32 Å². The zero-order valence-corrected chi connectivity index (χ0v) is 9.60. The Morgan fingerprint density at radius 3 is 2.57 bits per heavy atom. The second-order valence-electron chi connectivity index (χ2n) is 4.58. The maximum absolute atomic E-state index is 5.77. The molecule has 1 rings (SSSR count). The lowest BCUT2D eigenvalue weighted by Gasteiger charge is -2.27. The Balaban J connectivity index is 2.16. The van der Waals surface area contributed by atoms with Crippen molar-refractivity contribution in [2.24, 2.45) is 5.73 Å². The average molecular weight is 198 g/mol. The summed E-state index contributed by atoms with van der Waals surface area (Å²) in [5, 5.41) is 3.72. The minimum atomic E-state index is 0.568. The lowest BCUT2D eigenvalue weighted by atomic mass is 9.94. The molecule has 0 aromatic carbocycles. The molecule has 0 heterocycles. The van der Waals surface area contributed by atoms with Crippen molar-refractivity contribution in [3.05, 3.63) is 0 Å². The molecule has 0 amide bonds. The van der Waals surface area contributed by atoms with Crippen molar-refractivity contribution >= 4 is 0 Å². The van der Waals surface area contributed by atoms with Gasteiger partial charge in [-0.15, -0.1) is 0 Å². The first-order valence-corrected chi connectivity index (χ1v) is 6.33. The van der Waals surface area contributed by atoms with Gasteiger partial charge in [-0.2, -0.15) is 0 Å². The van der Waals surface area contributed by atoms with E-state index in [-0.39, 0.29) is 0 Å². The van der Waals surface area contributed by atoms with Crippen LogP contribution in [0.2, 0.25) is 0 Å². The average Bonchev–Trinajstić information content (AvgIpc) is 2.25. The van der Waals surface area contributed by atoms with E-state index in [1.54, 1.807) is 0 Å². The monoisotopic (exact) mass is 198 g/mol. The molecular weight excluding hydrogens is 172 g/mol. The largest absolute Gasteiger partial charge is 0.329 e. The molecule has 0 aromatic heterocycles. The Labute approximate surface area is 88.6 Å². The van der Waals surface area contributed by atoms with Crippen LogP contribution in [-0.4, -0.2) is 18.6 Å². The predicted octanol–water partition coefficient (Wildman–Crippen LogP) is 2.43. The van der Waals surface area contributed by atoms with Crippen LogP contribution in [-0.2, 0) is 0 Å². The molecule has 1 unspecified atom stereocenters. The second-order valence-corrected chi connectivity index (χ2v) is 4.58. The van der Waals surface area contributed by atoms with Gasteiger partial charge in [-0.25, -0.2) is 0 Å². The highest BCUT2D eigenvalue weighted by molar-refractivity contribution is 4.77. The molecule has 2 heteroatoms. The van der Waals surface area contributed by atoms with Crippen molar-refractivity contribution in [1.29, 1.82) is 0 Å². The Morgan fingerprint density at radius 1 is 1.29 bits per heavy atom. The summed E-state index contributed by atoms with van der Waals surface area (Å²) in [7, 11) is 0. The van der Waals surface area contributed by atoms with Crippen molar-refractivity contribution in [3.63, 3.8) is 0 Å². The van der Waals surface area contributed by atoms with E-state index in [1.807, 2.05) is 0 Å². The van der Waals surface area contributed by atoms with Gasteiger partial charge in [0.1, 0.15) is 0 Å². The van der Waals surface area contributed by atoms with Crippen molar-refractivity contribution < 1.29 is 0 Å². The fourth-order valence-corrected chi connectivity index (χ4v) is 2.32. The van der Waals surface area contributed by atoms with Gasteiger partial charge in [0, 0.05) is 18.6 Å². The normalized spacial score (nSPS) is 21.0. The van der Waals surface area contributed by atoms with Crippen LogP contribution in [0.5, 0.6) is 0 Å². The number of rotatable bonds is 6. The van der Waals surface area contributed by atoms with E-state index in [0.717, 1.165) is 12.6 Å². The Bertz CT molecular complexity index is 130. The Hall–Kier alpha value is -0.0800. The summed E-state index contributed by atoms with van der Waals surface area (Å²) >= 11 is 0. The third-order valence-corrected chi connectivity index (χ3v) is 3.27. The highest BCUT2D eigenvalue weighted by Crippen LogP contribution is 2.18. The molecule has 1 fully saturated rings. The van der Waals surface area contributed by atoms with Gasteiger partial charge in [0.25, 0.3) is 0 Å². The minimum absolute atomic E-state index is 0.568. The Kier molecular flexibility index (Phi) is 6.20. The quantitative estimate of drug-likeness (QED) is 0.688. The molecule has 84 valence electrons. The molecule has 0 spiro atoms. The summed E-state index contributed by atoms with van der Waals surface area (Å²) in [4.78, 5) is 0. The van der Waals surface area contributed by atoms with Gasteiger partial charge in [-0.05, 0) is 19.3 Å². The standard InChI is InChI=1S/C12H26N2/c1-2-3-7-12(10-13)14-11-8-5-4-6-9-11/h11-12,14H,2-10,13H2,1H3. The van der Waals surface area contributed by atoms with Gasteiger partial charge in [-0.3, -0.25) is 0 Å². The number of nitrogens with two attached hydrogens (primary N) is 1. The van der Waals surface area contributed by atoms with Crippen LogP contribution in [0, 0.1) is 0 Å². The summed E-state index contributed by atoms with van der Waals surface area (Å²) in [5.74, 6) is 0. The van der Waals surface area contributed by atoms with E-state index >= 15 is 0 Å². The van der Waals surface area contributed by atoms with E-state index in [0.29, 0.717) is 6.04 Å². The summed E-state index contributed by atoms with van der Waals surface area (Å²) in [6.45, 7) is 3.05. The van der Waals surface area contributed by atoms with Crippen LogP contribution < -0.4 is 11.1 Å². The molecule has 0 radical (unpaired) electrons. The minimum Gasteiger partial charge on any atom is -0.329 e. The van der Waals surface area contributed by atoms with Gasteiger partial charge < -0.3 is 11.1 Å². The zero-order valence-electron chi connectivity index (χ0n) is 9.60. The SMILES string of the molecule is CCCCC(CN)NC1CCCCC1. The summed E-state index contributed by atoms with van der Waals surface area (Å²) in [6.07, 6.45) is 10.8. The molecule has 1 atom stereocenters. The number of hydrogen-bond donors (Lipinski definition) is 2. The van der Waals surface area contributed by atoms with E-state index < -0.39 is 0 Å². The van der Waals surface area contributed by atoms with Crippen molar-refractivity contribution in [2.75, 3.05) is 6.54 Å². The fourth-order valence-electron chi connectivity index (χ4n) is 2.32. The summed E-state index contributed by atoms with van der Waals surface area (Å²) in [5.41, 5.74) is 5.77. The van der Waals surface area contributed by atoms with Crippen LogP contribution in [0.1, 0.15) is 58.3 Å². The second kappa shape index (κ2) is 7.24. The molecule has 1 aliphatic carbocycles. The summed E-state index contributed by atoms with van der Waals surface area (Å²) < 4.78 is 0. The molecule has 1 aliphatic rings. The number of unbranched alkanes of at least 4 members (excludes halogenated alkanes) is 1. The van der Waals surface area contributed by atoms with Gasteiger partial charge >= 0.3 is 0 Å². The van der Waals surface area contributed by atoms with Crippen LogP contribution in [0.25, 0.3) is 0 Å². The fraction of sp³-hybridized carbons (Fsp3) is 1.00. The Morgan fingerprint density at radius 2 is 2.00 bits per heavy atom. The molecule has 0 bridgehead atoms. The molecule has 0 saturated heterocycles. The highest BCUT2D eigenvalue weighted by atomic mass is 15.0. The first-order chi connectivity index (χ1) is 6.86. The third kappa shape index (κ3) is 4.43. The smallest absolute Gasteiger partial charge is 0.0192 e. The molecule has 1 saturated carbocycles. The van der Waals surface area contributed by atoms with Crippen LogP contribution >= 0.6 is 0 Å². The zero-order chi connectivity index (χ0) is 10.2. The molecule has 14 heavy (non-hydrogen) atoms. The maximum Gasteiger partial charge on any atom is 0.0192 e. The first-order valence-electron chi connectivity index (χ1n) is 6.33. The molecule has 3 N–H and O–H groups in total. The van der Waals surface area contributed by atoms with Crippen molar-refractivity contribution in [2.45, 2.75) is 70.4 Å². The summed E-state index contributed by atoms with van der Waals surface area (Å²) in [6, 6.07) is 1.33. The van der Waals surface area contributed by atoms with E-state index in [9.17, 15) is 0 Å². The molecular formula is C12H26N2. The van der Waals surface area contributed by atoms with Crippen LogP contribution in [0.15, 0.2) is 0 Å². The predicted molar refractivity (Wildman–Crippen MR) is 62.4 cm³/mol. The van der Waals surface area contributed by atoms with Crippen LogP contribution in [0.4, 0.5) is 0 Å². The van der Waals surface area contributed by atoms with Gasteiger partial charge in [0.2, 0.25) is 0 Å². The molecule has 2 nitrogen and oxygen atoms in total. The lowest BCUT2D eigenvalue weighted by molar-refractivity contribution is 0.326.